The highest BCUT2D eigenvalue weighted by Crippen LogP contribution is 2.20. The maximum Gasteiger partial charge on any atom is 0.343 e. The van der Waals surface area contributed by atoms with Gasteiger partial charge in [0.1, 0.15) is 5.56 Å². The molecule has 0 saturated heterocycles. The Morgan fingerprint density at radius 3 is 2.64 bits per heavy atom. The number of carbonyl (C=O) groups is 1. The van der Waals surface area contributed by atoms with Crippen LogP contribution >= 0.6 is 0 Å². The van der Waals surface area contributed by atoms with Crippen molar-refractivity contribution in [3.63, 3.8) is 0 Å². The summed E-state index contributed by atoms with van der Waals surface area (Å²) >= 11 is 0. The highest BCUT2D eigenvalue weighted by Gasteiger charge is 2.18. The van der Waals surface area contributed by atoms with E-state index in [1.165, 1.54) is 6.20 Å². The first-order valence-electron chi connectivity index (χ1n) is 7.98. The van der Waals surface area contributed by atoms with Gasteiger partial charge in [-0.1, -0.05) is 18.2 Å². The fraction of sp³-hybridized carbons (Fsp3) is 0.222. The number of ether oxygens (including phenoxy) is 1. The molecule has 0 aliphatic rings. The molecular formula is C18H19N5O2. The van der Waals surface area contributed by atoms with Crippen molar-refractivity contribution >= 4 is 17.5 Å². The Kier molecular flexibility index (Phi) is 4.74. The third-order valence-corrected chi connectivity index (χ3v) is 3.51. The number of aromatic nitrogens is 4. The predicted octanol–water partition coefficient (Wildman–Crippen LogP) is 3.20. The first kappa shape index (κ1) is 16.6. The maximum absolute atomic E-state index is 12.2. The molecule has 0 unspecified atom stereocenters. The predicted molar refractivity (Wildman–Crippen MR) is 94.3 cm³/mol. The van der Waals surface area contributed by atoms with Crippen LogP contribution in [0.4, 0.5) is 11.5 Å². The van der Waals surface area contributed by atoms with Crippen molar-refractivity contribution in [2.24, 2.45) is 0 Å². The van der Waals surface area contributed by atoms with E-state index >= 15 is 0 Å². The van der Waals surface area contributed by atoms with Gasteiger partial charge >= 0.3 is 5.97 Å². The lowest BCUT2D eigenvalue weighted by molar-refractivity contribution is 0.0526. The van der Waals surface area contributed by atoms with Crippen molar-refractivity contribution in [2.75, 3.05) is 11.9 Å². The highest BCUT2D eigenvalue weighted by molar-refractivity contribution is 5.95. The Morgan fingerprint density at radius 2 is 2.00 bits per heavy atom. The average Bonchev–Trinajstić information content (AvgIpc) is 2.94. The van der Waals surface area contributed by atoms with Crippen LogP contribution in [0.3, 0.4) is 0 Å². The fourth-order valence-corrected chi connectivity index (χ4v) is 2.42. The van der Waals surface area contributed by atoms with Gasteiger partial charge in [0.15, 0.2) is 5.82 Å². The summed E-state index contributed by atoms with van der Waals surface area (Å²) in [5, 5.41) is 7.54. The zero-order valence-electron chi connectivity index (χ0n) is 14.4. The monoisotopic (exact) mass is 337 g/mol. The van der Waals surface area contributed by atoms with Crippen molar-refractivity contribution in [1.82, 2.24) is 19.7 Å². The van der Waals surface area contributed by atoms with Gasteiger partial charge < -0.3 is 10.1 Å². The lowest BCUT2D eigenvalue weighted by Crippen LogP contribution is -2.13. The van der Waals surface area contributed by atoms with Crippen LogP contribution in [-0.2, 0) is 4.74 Å². The lowest BCUT2D eigenvalue weighted by atomic mass is 10.2. The number of aryl methyl sites for hydroxylation is 2. The van der Waals surface area contributed by atoms with Crippen LogP contribution in [-0.4, -0.2) is 32.3 Å². The third kappa shape index (κ3) is 3.65. The summed E-state index contributed by atoms with van der Waals surface area (Å²) in [5.74, 6) is 0.292. The largest absolute Gasteiger partial charge is 0.462 e. The van der Waals surface area contributed by atoms with Crippen LogP contribution < -0.4 is 5.32 Å². The smallest absolute Gasteiger partial charge is 0.343 e. The number of anilines is 2. The second kappa shape index (κ2) is 7.12. The molecule has 0 aliphatic carbocycles. The normalized spacial score (nSPS) is 10.5. The summed E-state index contributed by atoms with van der Waals surface area (Å²) in [4.78, 5) is 21.0. The van der Waals surface area contributed by atoms with E-state index in [1.807, 2.05) is 50.2 Å². The molecule has 0 fully saturated rings. The van der Waals surface area contributed by atoms with Crippen LogP contribution in [0.5, 0.6) is 0 Å². The Balaban J connectivity index is 2.05. The SMILES string of the molecule is CCOC(=O)c1cnc(-n2nc(C)cc2C)nc1Nc1ccccc1. The number of carbonyl (C=O) groups excluding carboxylic acids is 1. The van der Waals surface area contributed by atoms with Gasteiger partial charge in [-0.25, -0.2) is 14.5 Å². The molecule has 0 atom stereocenters. The molecular weight excluding hydrogens is 318 g/mol. The molecule has 3 rings (SSSR count). The summed E-state index contributed by atoms with van der Waals surface area (Å²) in [6.07, 6.45) is 1.46. The maximum atomic E-state index is 12.2. The van der Waals surface area contributed by atoms with Crippen molar-refractivity contribution < 1.29 is 9.53 Å². The van der Waals surface area contributed by atoms with Crippen LogP contribution in [0.15, 0.2) is 42.6 Å². The number of nitrogens with zero attached hydrogens (tertiary/aromatic N) is 4. The number of rotatable bonds is 5. The molecule has 0 amide bonds. The molecule has 0 saturated carbocycles. The van der Waals surface area contributed by atoms with Gasteiger partial charge in [0, 0.05) is 17.6 Å². The summed E-state index contributed by atoms with van der Waals surface area (Å²) in [7, 11) is 0. The van der Waals surface area contributed by atoms with Gasteiger partial charge in [0.2, 0.25) is 0 Å². The number of benzene rings is 1. The highest BCUT2D eigenvalue weighted by atomic mass is 16.5. The van der Waals surface area contributed by atoms with E-state index in [9.17, 15) is 4.79 Å². The quantitative estimate of drug-likeness (QED) is 0.720. The molecule has 128 valence electrons. The van der Waals surface area contributed by atoms with Crippen LogP contribution in [0.1, 0.15) is 28.7 Å². The van der Waals surface area contributed by atoms with Gasteiger partial charge in [0.25, 0.3) is 5.95 Å². The van der Waals surface area contributed by atoms with E-state index in [4.69, 9.17) is 4.74 Å². The summed E-state index contributed by atoms with van der Waals surface area (Å²) in [6.45, 7) is 5.86. The average molecular weight is 337 g/mol. The molecule has 2 aromatic heterocycles. The molecule has 0 aliphatic heterocycles. The molecule has 0 spiro atoms. The van der Waals surface area contributed by atoms with E-state index < -0.39 is 5.97 Å². The van der Waals surface area contributed by atoms with Gasteiger partial charge in [-0.2, -0.15) is 10.1 Å². The van der Waals surface area contributed by atoms with Crippen molar-refractivity contribution in [3.8, 4) is 5.95 Å². The number of hydrogen-bond acceptors (Lipinski definition) is 6. The second-order valence-electron chi connectivity index (χ2n) is 5.48. The van der Waals surface area contributed by atoms with Gasteiger partial charge in [-0.15, -0.1) is 0 Å². The Labute approximate surface area is 145 Å². The first-order valence-corrected chi connectivity index (χ1v) is 7.98. The van der Waals surface area contributed by atoms with E-state index in [-0.39, 0.29) is 12.2 Å². The molecule has 0 bridgehead atoms. The Hall–Kier alpha value is -3.22. The summed E-state index contributed by atoms with van der Waals surface area (Å²) in [6, 6.07) is 11.4. The minimum Gasteiger partial charge on any atom is -0.462 e. The van der Waals surface area contributed by atoms with E-state index in [0.717, 1.165) is 17.1 Å². The molecule has 1 aromatic carbocycles. The number of nitrogens with one attached hydrogen (secondary N) is 1. The molecule has 25 heavy (non-hydrogen) atoms. The minimum atomic E-state index is -0.471. The molecule has 7 nitrogen and oxygen atoms in total. The lowest BCUT2D eigenvalue weighted by Gasteiger charge is -2.12. The Bertz CT molecular complexity index is 890. The molecule has 1 N–H and O–H groups in total. The molecule has 0 radical (unpaired) electrons. The first-order chi connectivity index (χ1) is 12.1. The van der Waals surface area contributed by atoms with Crippen molar-refractivity contribution in [1.29, 1.82) is 0 Å². The van der Waals surface area contributed by atoms with E-state index in [1.54, 1.807) is 11.6 Å². The standard InChI is InChI=1S/C18H19N5O2/c1-4-25-17(24)15-11-19-18(23-13(3)10-12(2)22-23)21-16(15)20-14-8-6-5-7-9-14/h5-11H,4H2,1-3H3,(H,19,20,21). The van der Waals surface area contributed by atoms with E-state index in [2.05, 4.69) is 20.4 Å². The van der Waals surface area contributed by atoms with E-state index in [0.29, 0.717) is 11.8 Å². The van der Waals surface area contributed by atoms with Crippen LogP contribution in [0.2, 0.25) is 0 Å². The number of hydrogen-bond donors (Lipinski definition) is 1. The van der Waals surface area contributed by atoms with Crippen LogP contribution in [0, 0.1) is 13.8 Å². The van der Waals surface area contributed by atoms with Crippen LogP contribution in [0.25, 0.3) is 5.95 Å². The second-order valence-corrected chi connectivity index (χ2v) is 5.48. The third-order valence-electron chi connectivity index (χ3n) is 3.51. The molecule has 3 aromatic rings. The van der Waals surface area contributed by atoms with Gasteiger partial charge in [0.05, 0.1) is 12.3 Å². The minimum absolute atomic E-state index is 0.274. The molecule has 2 heterocycles. The van der Waals surface area contributed by atoms with Gasteiger partial charge in [-0.05, 0) is 39.0 Å². The molecule has 7 heteroatoms. The summed E-state index contributed by atoms with van der Waals surface area (Å²) < 4.78 is 6.74. The zero-order chi connectivity index (χ0) is 17.8. The topological polar surface area (TPSA) is 81.9 Å². The Morgan fingerprint density at radius 1 is 1.24 bits per heavy atom. The zero-order valence-corrected chi connectivity index (χ0v) is 14.4. The fourth-order valence-electron chi connectivity index (χ4n) is 2.42. The summed E-state index contributed by atoms with van der Waals surface area (Å²) in [5.41, 5.74) is 2.86. The van der Waals surface area contributed by atoms with Gasteiger partial charge in [-0.3, -0.25) is 0 Å². The number of esters is 1. The number of para-hydroxylation sites is 1. The van der Waals surface area contributed by atoms with Crippen molar-refractivity contribution in [3.05, 3.63) is 59.5 Å². The van der Waals surface area contributed by atoms with Crippen molar-refractivity contribution in [2.45, 2.75) is 20.8 Å².